The van der Waals surface area contributed by atoms with Gasteiger partial charge in [0.05, 0.1) is 11.7 Å². The molecule has 0 saturated carbocycles. The van der Waals surface area contributed by atoms with Crippen LogP contribution in [0.5, 0.6) is 0 Å². The van der Waals surface area contributed by atoms with Crippen LogP contribution in [0.2, 0.25) is 0 Å². The van der Waals surface area contributed by atoms with Gasteiger partial charge in [-0.15, -0.1) is 11.3 Å². The van der Waals surface area contributed by atoms with Gasteiger partial charge in [0.1, 0.15) is 4.83 Å². The molecule has 0 saturated heterocycles. The predicted octanol–water partition coefficient (Wildman–Crippen LogP) is 2.82. The van der Waals surface area contributed by atoms with E-state index in [1.54, 1.807) is 0 Å². The maximum absolute atomic E-state index is 12.6. The molecule has 0 bridgehead atoms. The zero-order valence-corrected chi connectivity index (χ0v) is 15.2. The number of rotatable bonds is 6. The van der Waals surface area contributed by atoms with Gasteiger partial charge in [0.15, 0.2) is 0 Å². The van der Waals surface area contributed by atoms with Crippen molar-refractivity contribution in [3.05, 3.63) is 63.0 Å². The number of thiophene rings is 1. The summed E-state index contributed by atoms with van der Waals surface area (Å²) >= 11 is 1.53. The molecule has 3 rings (SSSR count). The highest BCUT2D eigenvalue weighted by Gasteiger charge is 2.12. The first kappa shape index (κ1) is 17.4. The van der Waals surface area contributed by atoms with E-state index in [9.17, 15) is 9.59 Å². The summed E-state index contributed by atoms with van der Waals surface area (Å²) in [7, 11) is 0. The Bertz CT molecular complexity index is 944. The SMILES string of the molecule is Cc1sc2ncn(CCC(=O)NCCc3ccccc3)c(=O)c2c1C. The van der Waals surface area contributed by atoms with E-state index in [2.05, 4.69) is 10.3 Å². The first-order valence-corrected chi connectivity index (χ1v) is 9.13. The largest absolute Gasteiger partial charge is 0.356 e. The molecule has 0 unspecified atom stereocenters. The van der Waals surface area contributed by atoms with Gasteiger partial charge in [-0.25, -0.2) is 4.98 Å². The summed E-state index contributed by atoms with van der Waals surface area (Å²) in [5, 5.41) is 3.58. The van der Waals surface area contributed by atoms with E-state index in [-0.39, 0.29) is 17.9 Å². The number of amides is 1. The minimum atomic E-state index is -0.0658. The second-order valence-electron chi connectivity index (χ2n) is 6.04. The lowest BCUT2D eigenvalue weighted by molar-refractivity contribution is -0.121. The molecule has 0 spiro atoms. The number of hydrogen-bond acceptors (Lipinski definition) is 4. The van der Waals surface area contributed by atoms with Crippen molar-refractivity contribution in [2.24, 2.45) is 0 Å². The molecular weight excluding hydrogens is 334 g/mol. The molecule has 0 fully saturated rings. The number of aryl methyl sites for hydroxylation is 3. The smallest absolute Gasteiger partial charge is 0.262 e. The van der Waals surface area contributed by atoms with Gasteiger partial charge in [-0.2, -0.15) is 0 Å². The summed E-state index contributed by atoms with van der Waals surface area (Å²) in [6, 6.07) is 10.0. The number of carbonyl (C=O) groups excluding carboxylic acids is 1. The van der Waals surface area contributed by atoms with Crippen molar-refractivity contribution in [1.29, 1.82) is 0 Å². The van der Waals surface area contributed by atoms with Gasteiger partial charge >= 0.3 is 0 Å². The van der Waals surface area contributed by atoms with E-state index in [1.165, 1.54) is 27.8 Å². The van der Waals surface area contributed by atoms with Crippen LogP contribution in [0.4, 0.5) is 0 Å². The molecule has 0 aliphatic carbocycles. The second kappa shape index (κ2) is 7.61. The van der Waals surface area contributed by atoms with Gasteiger partial charge < -0.3 is 5.32 Å². The molecule has 0 radical (unpaired) electrons. The molecule has 0 aliphatic heterocycles. The van der Waals surface area contributed by atoms with Crippen molar-refractivity contribution in [1.82, 2.24) is 14.9 Å². The third-order valence-electron chi connectivity index (χ3n) is 4.31. The Balaban J connectivity index is 1.57. The fraction of sp³-hybridized carbons (Fsp3) is 0.316. The monoisotopic (exact) mass is 355 g/mol. The number of nitrogens with one attached hydrogen (secondary N) is 1. The number of benzene rings is 1. The Kier molecular flexibility index (Phi) is 5.28. The zero-order chi connectivity index (χ0) is 17.8. The van der Waals surface area contributed by atoms with Crippen LogP contribution >= 0.6 is 11.3 Å². The summed E-state index contributed by atoms with van der Waals surface area (Å²) in [5.74, 6) is -0.0545. The van der Waals surface area contributed by atoms with Gasteiger partial charge in [0.2, 0.25) is 5.91 Å². The zero-order valence-electron chi connectivity index (χ0n) is 14.4. The topological polar surface area (TPSA) is 64.0 Å². The minimum Gasteiger partial charge on any atom is -0.356 e. The lowest BCUT2D eigenvalue weighted by atomic mass is 10.1. The molecule has 2 heterocycles. The normalized spacial score (nSPS) is 11.0. The van der Waals surface area contributed by atoms with E-state index >= 15 is 0 Å². The molecule has 2 aromatic heterocycles. The number of nitrogens with zero attached hydrogens (tertiary/aromatic N) is 2. The van der Waals surface area contributed by atoms with E-state index in [4.69, 9.17) is 0 Å². The van der Waals surface area contributed by atoms with Crippen LogP contribution in [0.3, 0.4) is 0 Å². The predicted molar refractivity (Wildman–Crippen MR) is 101 cm³/mol. The third kappa shape index (κ3) is 3.96. The molecule has 0 atom stereocenters. The van der Waals surface area contributed by atoms with E-state index in [0.29, 0.717) is 18.5 Å². The summed E-state index contributed by atoms with van der Waals surface area (Å²) in [4.78, 5) is 30.8. The van der Waals surface area contributed by atoms with E-state index in [1.807, 2.05) is 44.2 Å². The van der Waals surface area contributed by atoms with Crippen LogP contribution < -0.4 is 10.9 Å². The average molecular weight is 355 g/mol. The van der Waals surface area contributed by atoms with Crippen molar-refractivity contribution in [3.8, 4) is 0 Å². The second-order valence-corrected chi connectivity index (χ2v) is 7.25. The summed E-state index contributed by atoms with van der Waals surface area (Å²) in [6.45, 7) is 4.87. The fourth-order valence-electron chi connectivity index (χ4n) is 2.73. The standard InChI is InChI=1S/C19H21N3O2S/c1-13-14(2)25-18-17(13)19(24)22(12-21-18)11-9-16(23)20-10-8-15-6-4-3-5-7-15/h3-7,12H,8-11H2,1-2H3,(H,20,23). The highest BCUT2D eigenvalue weighted by molar-refractivity contribution is 7.18. The molecule has 130 valence electrons. The van der Waals surface area contributed by atoms with Crippen LogP contribution in [-0.2, 0) is 17.8 Å². The van der Waals surface area contributed by atoms with E-state index < -0.39 is 0 Å². The van der Waals surface area contributed by atoms with Crippen molar-refractivity contribution in [3.63, 3.8) is 0 Å². The van der Waals surface area contributed by atoms with E-state index in [0.717, 1.165) is 21.7 Å². The maximum Gasteiger partial charge on any atom is 0.262 e. The molecule has 1 N–H and O–H groups in total. The van der Waals surface area contributed by atoms with Crippen molar-refractivity contribution in [2.45, 2.75) is 33.2 Å². The van der Waals surface area contributed by atoms with Crippen molar-refractivity contribution in [2.75, 3.05) is 6.54 Å². The van der Waals surface area contributed by atoms with Crippen molar-refractivity contribution < 1.29 is 4.79 Å². The van der Waals surface area contributed by atoms with Gasteiger partial charge in [0, 0.05) is 24.4 Å². The molecule has 3 aromatic rings. The van der Waals surface area contributed by atoms with Crippen molar-refractivity contribution >= 4 is 27.5 Å². The van der Waals surface area contributed by atoms with Crippen LogP contribution in [0.15, 0.2) is 41.5 Å². The Morgan fingerprint density at radius 1 is 1.24 bits per heavy atom. The molecule has 1 aromatic carbocycles. The lowest BCUT2D eigenvalue weighted by Crippen LogP contribution is -2.29. The highest BCUT2D eigenvalue weighted by atomic mass is 32.1. The number of carbonyl (C=O) groups is 1. The Morgan fingerprint density at radius 2 is 2.00 bits per heavy atom. The summed E-state index contributed by atoms with van der Waals surface area (Å²) in [5.41, 5.74) is 2.11. The van der Waals surface area contributed by atoms with Gasteiger partial charge in [-0.05, 0) is 31.4 Å². The fourth-order valence-corrected chi connectivity index (χ4v) is 3.72. The Morgan fingerprint density at radius 3 is 2.76 bits per heavy atom. The number of aromatic nitrogens is 2. The molecule has 6 heteroatoms. The molecule has 5 nitrogen and oxygen atoms in total. The Labute approximate surface area is 150 Å². The Hall–Kier alpha value is -2.47. The highest BCUT2D eigenvalue weighted by Crippen LogP contribution is 2.25. The maximum atomic E-state index is 12.6. The van der Waals surface area contributed by atoms with Crippen LogP contribution in [0.25, 0.3) is 10.2 Å². The summed E-state index contributed by atoms with van der Waals surface area (Å²) < 4.78 is 1.53. The van der Waals surface area contributed by atoms with Crippen LogP contribution in [0.1, 0.15) is 22.4 Å². The number of hydrogen-bond donors (Lipinski definition) is 1. The first-order valence-electron chi connectivity index (χ1n) is 8.32. The third-order valence-corrected chi connectivity index (χ3v) is 5.43. The molecular formula is C19H21N3O2S. The van der Waals surface area contributed by atoms with Crippen LogP contribution in [0, 0.1) is 13.8 Å². The average Bonchev–Trinajstić information content (AvgIpc) is 2.90. The van der Waals surface area contributed by atoms with Gasteiger partial charge in [-0.1, -0.05) is 30.3 Å². The molecule has 0 aliphatic rings. The first-order chi connectivity index (χ1) is 12.1. The number of fused-ring (bicyclic) bond motifs is 1. The quantitative estimate of drug-likeness (QED) is 0.739. The lowest BCUT2D eigenvalue weighted by Gasteiger charge is -2.07. The van der Waals surface area contributed by atoms with Crippen LogP contribution in [-0.4, -0.2) is 22.0 Å². The van der Waals surface area contributed by atoms with Gasteiger partial charge in [-0.3, -0.25) is 14.2 Å². The minimum absolute atomic E-state index is 0.0545. The molecule has 1 amide bonds. The van der Waals surface area contributed by atoms with Gasteiger partial charge in [0.25, 0.3) is 5.56 Å². The summed E-state index contributed by atoms with van der Waals surface area (Å²) in [6.07, 6.45) is 2.61. The molecule has 25 heavy (non-hydrogen) atoms.